The van der Waals surface area contributed by atoms with Gasteiger partial charge in [-0.2, -0.15) is 18.2 Å². The van der Waals surface area contributed by atoms with E-state index in [1.807, 2.05) is 0 Å². The number of amides is 1. The van der Waals surface area contributed by atoms with Crippen molar-refractivity contribution in [2.24, 2.45) is 0 Å². The first-order valence-corrected chi connectivity index (χ1v) is 6.36. The molecule has 1 fully saturated rings. The zero-order chi connectivity index (χ0) is 15.8. The minimum atomic E-state index is -4.58. The Kier molecular flexibility index (Phi) is 3.68. The predicted molar refractivity (Wildman–Crippen MR) is 71.0 cm³/mol. The van der Waals surface area contributed by atoms with Crippen LogP contribution >= 0.6 is 0 Å². The van der Waals surface area contributed by atoms with Gasteiger partial charge in [0, 0.05) is 26.2 Å². The Labute approximate surface area is 119 Å². The molecule has 2 N–H and O–H groups in total. The molecule has 0 aromatic carbocycles. The average molecular weight is 303 g/mol. The van der Waals surface area contributed by atoms with Gasteiger partial charge in [-0.25, -0.2) is 4.98 Å². The molecule has 6 nitrogen and oxygen atoms in total. The van der Waals surface area contributed by atoms with Crippen molar-refractivity contribution in [3.8, 4) is 0 Å². The Morgan fingerprint density at radius 3 is 2.62 bits per heavy atom. The summed E-state index contributed by atoms with van der Waals surface area (Å²) in [5.41, 5.74) is -2.03. The van der Waals surface area contributed by atoms with Crippen LogP contribution in [0, 0.1) is 0 Å². The highest BCUT2D eigenvalue weighted by molar-refractivity contribution is 5.90. The van der Waals surface area contributed by atoms with E-state index in [0.717, 1.165) is 6.07 Å². The van der Waals surface area contributed by atoms with Gasteiger partial charge in [0.25, 0.3) is 0 Å². The van der Waals surface area contributed by atoms with Gasteiger partial charge in [-0.3, -0.25) is 4.79 Å². The Bertz CT molecular complexity index is 558. The van der Waals surface area contributed by atoms with Crippen molar-refractivity contribution in [2.45, 2.75) is 25.6 Å². The number of alkyl halides is 3. The average Bonchev–Trinajstić information content (AvgIpc) is 2.40. The largest absolute Gasteiger partial charge is 0.433 e. The summed E-state index contributed by atoms with van der Waals surface area (Å²) >= 11 is 0. The van der Waals surface area contributed by atoms with E-state index in [-0.39, 0.29) is 17.7 Å². The van der Waals surface area contributed by atoms with Crippen molar-refractivity contribution in [3.05, 3.63) is 11.8 Å². The van der Waals surface area contributed by atoms with E-state index in [9.17, 15) is 18.0 Å². The molecule has 21 heavy (non-hydrogen) atoms. The monoisotopic (exact) mass is 303 g/mol. The number of carbonyl (C=O) groups excluding carboxylic acids is 1. The van der Waals surface area contributed by atoms with E-state index < -0.39 is 17.4 Å². The maximum Gasteiger partial charge on any atom is 0.433 e. The van der Waals surface area contributed by atoms with Crippen molar-refractivity contribution >= 4 is 17.7 Å². The summed E-state index contributed by atoms with van der Waals surface area (Å²) in [6, 6.07) is 0.862. The van der Waals surface area contributed by atoms with Gasteiger partial charge in [0.05, 0.1) is 0 Å². The van der Waals surface area contributed by atoms with Crippen LogP contribution in [-0.2, 0) is 11.0 Å². The Balaban J connectivity index is 2.50. The molecule has 1 aliphatic heterocycles. The maximum atomic E-state index is 12.9. The second-order valence-electron chi connectivity index (χ2n) is 5.15. The molecule has 0 radical (unpaired) electrons. The molecule has 9 heteroatoms. The maximum absolute atomic E-state index is 12.9. The summed E-state index contributed by atoms with van der Waals surface area (Å²) in [6.45, 7) is 3.99. The van der Waals surface area contributed by atoms with Crippen LogP contribution in [-0.4, -0.2) is 41.6 Å². The van der Waals surface area contributed by atoms with Crippen molar-refractivity contribution in [1.29, 1.82) is 0 Å². The fraction of sp³-hybridized carbons (Fsp3) is 0.583. The van der Waals surface area contributed by atoms with Crippen LogP contribution in [0.4, 0.5) is 24.9 Å². The van der Waals surface area contributed by atoms with E-state index in [4.69, 9.17) is 0 Å². The Morgan fingerprint density at radius 1 is 1.38 bits per heavy atom. The van der Waals surface area contributed by atoms with E-state index in [1.54, 1.807) is 18.7 Å². The molecule has 2 rings (SSSR count). The quantitative estimate of drug-likeness (QED) is 0.860. The molecule has 0 bridgehead atoms. The number of nitrogens with one attached hydrogen (secondary N) is 2. The number of anilines is 2. The zero-order valence-electron chi connectivity index (χ0n) is 11.9. The highest BCUT2D eigenvalue weighted by Crippen LogP contribution is 2.32. The third-order valence-electron chi connectivity index (χ3n) is 3.35. The van der Waals surface area contributed by atoms with Gasteiger partial charge in [0.2, 0.25) is 11.9 Å². The topological polar surface area (TPSA) is 70.2 Å². The lowest BCUT2D eigenvalue weighted by molar-refractivity contribution is -0.141. The number of aromatic nitrogens is 2. The summed E-state index contributed by atoms with van der Waals surface area (Å²) in [6.07, 6.45) is -4.58. The lowest BCUT2D eigenvalue weighted by Crippen LogP contribution is -2.62. The molecule has 0 atom stereocenters. The minimum absolute atomic E-state index is 0.0709. The third kappa shape index (κ3) is 2.86. The first-order valence-electron chi connectivity index (χ1n) is 6.36. The number of piperazine rings is 1. The smallest absolute Gasteiger partial charge is 0.357 e. The molecule has 0 unspecified atom stereocenters. The van der Waals surface area contributed by atoms with Crippen molar-refractivity contribution < 1.29 is 18.0 Å². The normalized spacial score (nSPS) is 18.4. The van der Waals surface area contributed by atoms with Crippen molar-refractivity contribution in [2.75, 3.05) is 30.4 Å². The fourth-order valence-corrected chi connectivity index (χ4v) is 2.13. The molecule has 116 valence electrons. The molecule has 1 amide bonds. The number of hydrogen-bond acceptors (Lipinski definition) is 5. The molecule has 1 aromatic heterocycles. The van der Waals surface area contributed by atoms with Crippen LogP contribution in [0.5, 0.6) is 0 Å². The third-order valence-corrected chi connectivity index (χ3v) is 3.35. The summed E-state index contributed by atoms with van der Waals surface area (Å²) in [4.78, 5) is 20.9. The van der Waals surface area contributed by atoms with Gasteiger partial charge in [-0.05, 0) is 13.8 Å². The van der Waals surface area contributed by atoms with Gasteiger partial charge in [0.15, 0.2) is 5.69 Å². The van der Waals surface area contributed by atoms with Crippen LogP contribution in [0.25, 0.3) is 0 Å². The molecule has 0 spiro atoms. The van der Waals surface area contributed by atoms with Crippen LogP contribution in [0.15, 0.2) is 6.07 Å². The molecule has 2 heterocycles. The number of hydrogen-bond donors (Lipinski definition) is 2. The lowest BCUT2D eigenvalue weighted by Gasteiger charge is -2.42. The lowest BCUT2D eigenvalue weighted by atomic mass is 9.99. The van der Waals surface area contributed by atoms with Crippen molar-refractivity contribution in [3.63, 3.8) is 0 Å². The number of rotatable bonds is 2. The highest BCUT2D eigenvalue weighted by Gasteiger charge is 2.40. The molecule has 0 saturated carbocycles. The van der Waals surface area contributed by atoms with E-state index >= 15 is 0 Å². The number of carbonyl (C=O) groups is 1. The van der Waals surface area contributed by atoms with E-state index in [0.29, 0.717) is 13.1 Å². The molecule has 1 saturated heterocycles. The highest BCUT2D eigenvalue weighted by atomic mass is 19.4. The molecular formula is C12H16F3N5O. The Morgan fingerprint density at radius 2 is 2.05 bits per heavy atom. The van der Waals surface area contributed by atoms with Gasteiger partial charge < -0.3 is 15.5 Å². The van der Waals surface area contributed by atoms with Crippen LogP contribution < -0.4 is 15.5 Å². The first kappa shape index (κ1) is 15.3. The van der Waals surface area contributed by atoms with E-state index in [2.05, 4.69) is 20.6 Å². The van der Waals surface area contributed by atoms with Crippen LogP contribution in [0.1, 0.15) is 19.5 Å². The van der Waals surface area contributed by atoms with Gasteiger partial charge in [-0.1, -0.05) is 0 Å². The van der Waals surface area contributed by atoms with Gasteiger partial charge in [0.1, 0.15) is 11.4 Å². The number of nitrogens with zero attached hydrogens (tertiary/aromatic N) is 3. The molecule has 1 aliphatic rings. The second kappa shape index (κ2) is 5.05. The summed E-state index contributed by atoms with van der Waals surface area (Å²) in [5, 5.41) is 5.19. The van der Waals surface area contributed by atoms with Gasteiger partial charge in [-0.15, -0.1) is 0 Å². The van der Waals surface area contributed by atoms with Crippen molar-refractivity contribution in [1.82, 2.24) is 15.3 Å². The second-order valence-corrected chi connectivity index (χ2v) is 5.15. The van der Waals surface area contributed by atoms with Crippen LogP contribution in [0.3, 0.4) is 0 Å². The van der Waals surface area contributed by atoms with Crippen LogP contribution in [0.2, 0.25) is 0 Å². The SMILES string of the molecule is CNc1nc(N2CCNC(=O)C2(C)C)cc(C(F)(F)F)n1. The van der Waals surface area contributed by atoms with Gasteiger partial charge >= 0.3 is 6.18 Å². The minimum Gasteiger partial charge on any atom is -0.357 e. The standard InChI is InChI=1S/C12H16F3N5O/c1-11(2)9(21)17-4-5-20(11)8-6-7(12(13,14)15)18-10(16-3)19-8/h6H,4-5H2,1-3H3,(H,17,21)(H,16,18,19). The predicted octanol–water partition coefficient (Wildman–Crippen LogP) is 1.25. The summed E-state index contributed by atoms with van der Waals surface area (Å²) in [5.74, 6) is -0.324. The number of halogens is 3. The zero-order valence-corrected chi connectivity index (χ0v) is 11.9. The van der Waals surface area contributed by atoms with E-state index in [1.165, 1.54) is 7.05 Å². The molecule has 0 aliphatic carbocycles. The summed E-state index contributed by atoms with van der Waals surface area (Å²) in [7, 11) is 1.44. The molecular weight excluding hydrogens is 287 g/mol. The summed E-state index contributed by atoms with van der Waals surface area (Å²) < 4.78 is 38.7. The fourth-order valence-electron chi connectivity index (χ4n) is 2.13. The Hall–Kier alpha value is -2.06. The molecule has 1 aromatic rings. The first-order chi connectivity index (χ1) is 9.66.